The molecule has 2 heterocycles. The summed E-state index contributed by atoms with van der Waals surface area (Å²) in [5, 5.41) is 0. The molecule has 2 heteroatoms. The lowest BCUT2D eigenvalue weighted by atomic mass is 10.1. The van der Waals surface area contributed by atoms with Crippen molar-refractivity contribution in [3.8, 4) is 0 Å². The van der Waals surface area contributed by atoms with Gasteiger partial charge in [0, 0.05) is 23.8 Å². The molecule has 0 fully saturated rings. The number of aromatic amines is 2. The van der Waals surface area contributed by atoms with Crippen LogP contribution in [0.15, 0.2) is 60.9 Å². The standard InChI is InChI=1S/C18H16N2/c1-2-6-16(10-12-18-8-4-14-20-18)15(5-1)9-11-17-7-3-13-19-17/h1-14,19-20H/b11-9-,12-10+. The van der Waals surface area contributed by atoms with E-state index in [0.29, 0.717) is 0 Å². The highest BCUT2D eigenvalue weighted by atomic mass is 14.7. The van der Waals surface area contributed by atoms with Crippen LogP contribution < -0.4 is 0 Å². The topological polar surface area (TPSA) is 31.6 Å². The summed E-state index contributed by atoms with van der Waals surface area (Å²) in [5.74, 6) is 0. The Kier molecular flexibility index (Phi) is 3.65. The first-order chi connectivity index (χ1) is 9.92. The van der Waals surface area contributed by atoms with E-state index in [9.17, 15) is 0 Å². The maximum Gasteiger partial charge on any atom is 0.0380 e. The minimum absolute atomic E-state index is 1.10. The van der Waals surface area contributed by atoms with Crippen LogP contribution in [0.3, 0.4) is 0 Å². The van der Waals surface area contributed by atoms with Crippen molar-refractivity contribution in [1.82, 2.24) is 9.97 Å². The van der Waals surface area contributed by atoms with E-state index in [4.69, 9.17) is 0 Å². The van der Waals surface area contributed by atoms with E-state index in [0.717, 1.165) is 11.4 Å². The molecule has 2 nitrogen and oxygen atoms in total. The molecule has 0 atom stereocenters. The number of nitrogens with one attached hydrogen (secondary N) is 2. The molecule has 3 rings (SSSR count). The summed E-state index contributed by atoms with van der Waals surface area (Å²) in [7, 11) is 0. The van der Waals surface area contributed by atoms with E-state index in [1.54, 1.807) is 0 Å². The van der Waals surface area contributed by atoms with E-state index < -0.39 is 0 Å². The van der Waals surface area contributed by atoms with Crippen LogP contribution >= 0.6 is 0 Å². The smallest absolute Gasteiger partial charge is 0.0380 e. The molecular formula is C18H16N2. The first-order valence-corrected chi connectivity index (χ1v) is 6.64. The lowest BCUT2D eigenvalue weighted by Crippen LogP contribution is -1.80. The third-order valence-corrected chi connectivity index (χ3v) is 3.12. The summed E-state index contributed by atoms with van der Waals surface area (Å²) in [4.78, 5) is 6.34. The largest absolute Gasteiger partial charge is 0.362 e. The van der Waals surface area contributed by atoms with Gasteiger partial charge >= 0.3 is 0 Å². The van der Waals surface area contributed by atoms with Crippen LogP contribution in [-0.2, 0) is 0 Å². The molecule has 0 unspecified atom stereocenters. The van der Waals surface area contributed by atoms with Crippen molar-refractivity contribution in [2.75, 3.05) is 0 Å². The zero-order chi connectivity index (χ0) is 13.6. The highest BCUT2D eigenvalue weighted by Gasteiger charge is 1.95. The molecule has 0 aliphatic carbocycles. The van der Waals surface area contributed by atoms with Crippen LogP contribution in [0.4, 0.5) is 0 Å². The molecule has 0 aliphatic rings. The molecule has 0 amide bonds. The summed E-state index contributed by atoms with van der Waals surface area (Å²) in [6, 6.07) is 16.4. The van der Waals surface area contributed by atoms with E-state index in [1.165, 1.54) is 11.1 Å². The Bertz CT molecular complexity index is 638. The van der Waals surface area contributed by atoms with Crippen LogP contribution in [0.25, 0.3) is 24.3 Å². The molecule has 0 saturated heterocycles. The van der Waals surface area contributed by atoms with Crippen molar-refractivity contribution in [1.29, 1.82) is 0 Å². The maximum absolute atomic E-state index is 3.17. The van der Waals surface area contributed by atoms with Crippen molar-refractivity contribution >= 4 is 24.3 Å². The van der Waals surface area contributed by atoms with Gasteiger partial charge in [-0.05, 0) is 47.5 Å². The summed E-state index contributed by atoms with van der Waals surface area (Å²) in [6.07, 6.45) is 12.3. The highest BCUT2D eigenvalue weighted by molar-refractivity contribution is 5.78. The maximum atomic E-state index is 3.17. The molecular weight excluding hydrogens is 244 g/mol. The monoisotopic (exact) mass is 260 g/mol. The molecule has 0 radical (unpaired) electrons. The number of rotatable bonds is 4. The normalized spacial score (nSPS) is 11.6. The summed E-state index contributed by atoms with van der Waals surface area (Å²) < 4.78 is 0. The van der Waals surface area contributed by atoms with Crippen LogP contribution in [-0.4, -0.2) is 9.97 Å². The molecule has 0 bridgehead atoms. The molecule has 2 aromatic heterocycles. The van der Waals surface area contributed by atoms with Gasteiger partial charge in [-0.1, -0.05) is 36.4 Å². The summed E-state index contributed by atoms with van der Waals surface area (Å²) >= 11 is 0. The molecule has 2 N–H and O–H groups in total. The van der Waals surface area contributed by atoms with Gasteiger partial charge in [0.15, 0.2) is 0 Å². The molecule has 3 aromatic rings. The second kappa shape index (κ2) is 5.93. The predicted octanol–water partition coefficient (Wildman–Crippen LogP) is 4.68. The zero-order valence-corrected chi connectivity index (χ0v) is 11.1. The van der Waals surface area contributed by atoms with Crippen LogP contribution in [0.1, 0.15) is 22.5 Å². The Morgan fingerprint density at radius 2 is 1.05 bits per heavy atom. The van der Waals surface area contributed by atoms with E-state index in [-0.39, 0.29) is 0 Å². The Labute approximate surface area is 118 Å². The number of aromatic nitrogens is 2. The van der Waals surface area contributed by atoms with Gasteiger partial charge in [-0.3, -0.25) is 0 Å². The van der Waals surface area contributed by atoms with Gasteiger partial charge in [0.1, 0.15) is 0 Å². The average Bonchev–Trinajstić information content (AvgIpc) is 3.17. The van der Waals surface area contributed by atoms with E-state index >= 15 is 0 Å². The SMILES string of the molecule is C(=C/c1ccccc1/C=C/c1ccc[nH]1)/c1ccc[nH]1. The Morgan fingerprint density at radius 3 is 1.45 bits per heavy atom. The van der Waals surface area contributed by atoms with Crippen molar-refractivity contribution < 1.29 is 0 Å². The first-order valence-electron chi connectivity index (χ1n) is 6.64. The Hall–Kier alpha value is -2.74. The fourth-order valence-corrected chi connectivity index (χ4v) is 2.07. The minimum atomic E-state index is 1.10. The highest BCUT2D eigenvalue weighted by Crippen LogP contribution is 2.15. The molecule has 98 valence electrons. The first kappa shape index (κ1) is 12.3. The molecule has 0 spiro atoms. The van der Waals surface area contributed by atoms with Gasteiger partial charge in [-0.25, -0.2) is 0 Å². The number of benzene rings is 1. The van der Waals surface area contributed by atoms with Crippen molar-refractivity contribution in [2.24, 2.45) is 0 Å². The van der Waals surface area contributed by atoms with Crippen molar-refractivity contribution in [2.45, 2.75) is 0 Å². The van der Waals surface area contributed by atoms with Crippen LogP contribution in [0, 0.1) is 0 Å². The Balaban J connectivity index is 1.85. The van der Waals surface area contributed by atoms with Crippen molar-refractivity contribution in [3.05, 3.63) is 83.4 Å². The number of H-pyrrole nitrogens is 2. The predicted molar refractivity (Wildman–Crippen MR) is 85.9 cm³/mol. The van der Waals surface area contributed by atoms with E-state index in [1.807, 2.05) is 36.7 Å². The quantitative estimate of drug-likeness (QED) is 0.682. The lowest BCUT2D eigenvalue weighted by Gasteiger charge is -2.00. The third kappa shape index (κ3) is 2.98. The Morgan fingerprint density at radius 1 is 0.550 bits per heavy atom. The molecule has 1 aromatic carbocycles. The van der Waals surface area contributed by atoms with Gasteiger partial charge in [-0.15, -0.1) is 0 Å². The minimum Gasteiger partial charge on any atom is -0.362 e. The fraction of sp³-hybridized carbons (Fsp3) is 0. The zero-order valence-electron chi connectivity index (χ0n) is 11.1. The van der Waals surface area contributed by atoms with Crippen LogP contribution in [0.5, 0.6) is 0 Å². The van der Waals surface area contributed by atoms with Gasteiger partial charge in [0.25, 0.3) is 0 Å². The summed E-state index contributed by atoms with van der Waals surface area (Å²) in [6.45, 7) is 0. The van der Waals surface area contributed by atoms with Gasteiger partial charge in [0.2, 0.25) is 0 Å². The summed E-state index contributed by atoms with van der Waals surface area (Å²) in [5.41, 5.74) is 4.61. The van der Waals surface area contributed by atoms with E-state index in [2.05, 4.69) is 58.5 Å². The molecule has 0 aliphatic heterocycles. The molecule has 0 saturated carbocycles. The molecule has 20 heavy (non-hydrogen) atoms. The average molecular weight is 260 g/mol. The lowest BCUT2D eigenvalue weighted by molar-refractivity contribution is 1.38. The van der Waals surface area contributed by atoms with Gasteiger partial charge in [-0.2, -0.15) is 0 Å². The second-order valence-corrected chi connectivity index (χ2v) is 4.55. The fourth-order valence-electron chi connectivity index (χ4n) is 2.07. The van der Waals surface area contributed by atoms with Crippen LogP contribution in [0.2, 0.25) is 0 Å². The van der Waals surface area contributed by atoms with Crippen molar-refractivity contribution in [3.63, 3.8) is 0 Å². The van der Waals surface area contributed by atoms with Gasteiger partial charge < -0.3 is 9.97 Å². The second-order valence-electron chi connectivity index (χ2n) is 4.55. The van der Waals surface area contributed by atoms with Gasteiger partial charge in [0.05, 0.1) is 0 Å². The number of hydrogen-bond acceptors (Lipinski definition) is 0. The third-order valence-electron chi connectivity index (χ3n) is 3.12. The number of hydrogen-bond donors (Lipinski definition) is 2.